The van der Waals surface area contributed by atoms with Gasteiger partial charge in [0.15, 0.2) is 0 Å². The van der Waals surface area contributed by atoms with Crippen molar-refractivity contribution in [3.05, 3.63) is 47.0 Å². The number of rotatable bonds is 4. The lowest BCUT2D eigenvalue weighted by molar-refractivity contribution is 0.102. The molecule has 0 spiro atoms. The highest BCUT2D eigenvalue weighted by Crippen LogP contribution is 2.36. The maximum Gasteiger partial charge on any atom is 0.255 e. The second-order valence-corrected chi connectivity index (χ2v) is 7.02. The van der Waals surface area contributed by atoms with E-state index in [-0.39, 0.29) is 5.91 Å². The van der Waals surface area contributed by atoms with Crippen LogP contribution in [0.2, 0.25) is 5.02 Å². The highest BCUT2D eigenvalue weighted by molar-refractivity contribution is 6.34. The molecular formula is C20H24ClN3O2. The number of carbonyl (C=O) groups is 1. The van der Waals surface area contributed by atoms with Gasteiger partial charge < -0.3 is 20.7 Å². The van der Waals surface area contributed by atoms with Crippen LogP contribution in [0.25, 0.3) is 0 Å². The van der Waals surface area contributed by atoms with E-state index in [9.17, 15) is 4.79 Å². The Morgan fingerprint density at radius 2 is 2.00 bits per heavy atom. The average Bonchev–Trinajstić information content (AvgIpc) is 2.64. The number of halogens is 1. The molecule has 1 aliphatic heterocycles. The van der Waals surface area contributed by atoms with Crippen molar-refractivity contribution in [2.75, 3.05) is 29.6 Å². The summed E-state index contributed by atoms with van der Waals surface area (Å²) in [5.41, 5.74) is 8.86. The van der Waals surface area contributed by atoms with Crippen LogP contribution in [0.5, 0.6) is 5.75 Å². The number of ether oxygens (including phenoxy) is 1. The van der Waals surface area contributed by atoms with Gasteiger partial charge in [0.1, 0.15) is 5.75 Å². The summed E-state index contributed by atoms with van der Waals surface area (Å²) in [6, 6.07) is 10.9. The highest BCUT2D eigenvalue weighted by atomic mass is 35.5. The van der Waals surface area contributed by atoms with E-state index in [0.29, 0.717) is 33.8 Å². The van der Waals surface area contributed by atoms with E-state index >= 15 is 0 Å². The largest absolute Gasteiger partial charge is 0.497 e. The van der Waals surface area contributed by atoms with Gasteiger partial charge in [-0.05, 0) is 62.6 Å². The molecule has 3 rings (SSSR count). The fraction of sp³-hybridized carbons (Fsp3) is 0.350. The van der Waals surface area contributed by atoms with Gasteiger partial charge in [-0.2, -0.15) is 0 Å². The minimum atomic E-state index is -0.225. The number of amides is 1. The zero-order chi connectivity index (χ0) is 18.7. The molecule has 0 aromatic heterocycles. The quantitative estimate of drug-likeness (QED) is 0.771. The van der Waals surface area contributed by atoms with Gasteiger partial charge in [-0.15, -0.1) is 0 Å². The Labute approximate surface area is 159 Å². The lowest BCUT2D eigenvalue weighted by atomic mass is 10.0. The first-order chi connectivity index (χ1) is 12.5. The lowest BCUT2D eigenvalue weighted by Gasteiger charge is -2.36. The van der Waals surface area contributed by atoms with Crippen LogP contribution in [0.1, 0.15) is 36.5 Å². The summed E-state index contributed by atoms with van der Waals surface area (Å²) >= 11 is 6.32. The van der Waals surface area contributed by atoms with Crippen molar-refractivity contribution in [2.45, 2.75) is 32.2 Å². The van der Waals surface area contributed by atoms with Crippen molar-refractivity contribution in [3.63, 3.8) is 0 Å². The van der Waals surface area contributed by atoms with Crippen LogP contribution in [0.3, 0.4) is 0 Å². The number of piperidine rings is 1. The predicted octanol–water partition coefficient (Wildman–Crippen LogP) is 4.56. The zero-order valence-corrected chi connectivity index (χ0v) is 15.8. The van der Waals surface area contributed by atoms with Gasteiger partial charge in [0, 0.05) is 18.2 Å². The van der Waals surface area contributed by atoms with Crippen LogP contribution in [0, 0.1) is 0 Å². The van der Waals surface area contributed by atoms with Gasteiger partial charge in [-0.25, -0.2) is 0 Å². The fourth-order valence-electron chi connectivity index (χ4n) is 3.31. The molecule has 0 saturated carbocycles. The molecule has 2 aromatic rings. The summed E-state index contributed by atoms with van der Waals surface area (Å²) in [5, 5.41) is 3.32. The summed E-state index contributed by atoms with van der Waals surface area (Å²) < 4.78 is 5.12. The summed E-state index contributed by atoms with van der Waals surface area (Å²) in [5.74, 6) is 0.477. The van der Waals surface area contributed by atoms with Crippen molar-refractivity contribution >= 4 is 34.6 Å². The molecule has 0 bridgehead atoms. The van der Waals surface area contributed by atoms with Crippen LogP contribution in [-0.4, -0.2) is 25.6 Å². The number of nitrogens with zero attached hydrogens (tertiary/aromatic N) is 1. The second kappa shape index (κ2) is 7.87. The Morgan fingerprint density at radius 3 is 2.65 bits per heavy atom. The fourth-order valence-corrected chi connectivity index (χ4v) is 3.53. The number of benzene rings is 2. The number of nitrogens with one attached hydrogen (secondary N) is 1. The SMILES string of the molecule is COc1ccc(C(=O)Nc2cc(N3CCCCC3C)c(N)cc2Cl)cc1. The third-order valence-electron chi connectivity index (χ3n) is 4.83. The lowest BCUT2D eigenvalue weighted by Crippen LogP contribution is -2.37. The van der Waals surface area contributed by atoms with E-state index in [2.05, 4.69) is 17.1 Å². The summed E-state index contributed by atoms with van der Waals surface area (Å²) in [4.78, 5) is 14.8. The van der Waals surface area contributed by atoms with Crippen molar-refractivity contribution in [3.8, 4) is 5.75 Å². The molecule has 0 radical (unpaired) electrons. The number of hydrogen-bond acceptors (Lipinski definition) is 4. The Bertz CT molecular complexity index is 792. The molecule has 1 aliphatic rings. The van der Waals surface area contributed by atoms with Gasteiger partial charge in [-0.1, -0.05) is 11.6 Å². The van der Waals surface area contributed by atoms with Crippen LogP contribution < -0.4 is 20.7 Å². The standard InChI is InChI=1S/C20H24ClN3O2/c1-13-5-3-4-10-24(13)19-12-18(16(21)11-17(19)22)23-20(25)14-6-8-15(26-2)9-7-14/h6-9,11-13H,3-5,10,22H2,1-2H3,(H,23,25). The van der Waals surface area contributed by atoms with Crippen LogP contribution >= 0.6 is 11.6 Å². The third-order valence-corrected chi connectivity index (χ3v) is 5.14. The number of methoxy groups -OCH3 is 1. The Kier molecular flexibility index (Phi) is 5.57. The molecule has 1 saturated heterocycles. The van der Waals surface area contributed by atoms with E-state index in [1.165, 1.54) is 6.42 Å². The molecule has 1 unspecified atom stereocenters. The minimum absolute atomic E-state index is 0.225. The van der Waals surface area contributed by atoms with Gasteiger partial charge in [0.2, 0.25) is 0 Å². The third kappa shape index (κ3) is 3.88. The normalized spacial score (nSPS) is 17.0. The summed E-state index contributed by atoms with van der Waals surface area (Å²) in [6.07, 6.45) is 3.50. The number of nitrogen functional groups attached to an aromatic ring is 1. The number of carbonyl (C=O) groups excluding carboxylic acids is 1. The van der Waals surface area contributed by atoms with Gasteiger partial charge in [0.05, 0.1) is 29.2 Å². The molecule has 5 nitrogen and oxygen atoms in total. The number of hydrogen-bond donors (Lipinski definition) is 2. The van der Waals surface area contributed by atoms with Gasteiger partial charge in [-0.3, -0.25) is 4.79 Å². The van der Waals surface area contributed by atoms with E-state index in [1.54, 1.807) is 37.4 Å². The molecule has 138 valence electrons. The second-order valence-electron chi connectivity index (χ2n) is 6.61. The molecule has 26 heavy (non-hydrogen) atoms. The van der Waals surface area contributed by atoms with Crippen molar-refractivity contribution in [1.29, 1.82) is 0 Å². The minimum Gasteiger partial charge on any atom is -0.497 e. The Hall–Kier alpha value is -2.40. The van der Waals surface area contributed by atoms with Crippen LogP contribution in [-0.2, 0) is 0 Å². The molecule has 1 atom stereocenters. The Balaban J connectivity index is 1.84. The first-order valence-corrected chi connectivity index (χ1v) is 9.18. The maximum atomic E-state index is 12.5. The van der Waals surface area contributed by atoms with E-state index in [4.69, 9.17) is 22.1 Å². The highest BCUT2D eigenvalue weighted by Gasteiger charge is 2.22. The first-order valence-electron chi connectivity index (χ1n) is 8.80. The maximum absolute atomic E-state index is 12.5. The van der Waals surface area contributed by atoms with Crippen LogP contribution in [0.4, 0.5) is 17.1 Å². The Morgan fingerprint density at radius 1 is 1.27 bits per heavy atom. The van der Waals surface area contributed by atoms with Crippen molar-refractivity contribution in [2.24, 2.45) is 0 Å². The number of nitrogens with two attached hydrogens (primary N) is 1. The summed E-state index contributed by atoms with van der Waals surface area (Å²) in [6.45, 7) is 3.15. The number of anilines is 3. The monoisotopic (exact) mass is 373 g/mol. The molecule has 0 aliphatic carbocycles. The van der Waals surface area contributed by atoms with Gasteiger partial charge >= 0.3 is 0 Å². The van der Waals surface area contributed by atoms with E-state index in [0.717, 1.165) is 25.1 Å². The molecule has 3 N–H and O–H groups in total. The molecule has 2 aromatic carbocycles. The topological polar surface area (TPSA) is 67.6 Å². The van der Waals surface area contributed by atoms with Crippen molar-refractivity contribution < 1.29 is 9.53 Å². The molecule has 1 amide bonds. The molecule has 1 fully saturated rings. The molecule has 6 heteroatoms. The van der Waals surface area contributed by atoms with Crippen molar-refractivity contribution in [1.82, 2.24) is 0 Å². The van der Waals surface area contributed by atoms with Gasteiger partial charge in [0.25, 0.3) is 5.91 Å². The van der Waals surface area contributed by atoms with E-state index in [1.807, 2.05) is 6.07 Å². The smallest absolute Gasteiger partial charge is 0.255 e. The molecular weight excluding hydrogens is 350 g/mol. The van der Waals surface area contributed by atoms with Crippen LogP contribution in [0.15, 0.2) is 36.4 Å². The zero-order valence-electron chi connectivity index (χ0n) is 15.1. The summed E-state index contributed by atoms with van der Waals surface area (Å²) in [7, 11) is 1.59. The molecule has 1 heterocycles. The first kappa shape index (κ1) is 18.4. The van der Waals surface area contributed by atoms with E-state index < -0.39 is 0 Å². The predicted molar refractivity (Wildman–Crippen MR) is 107 cm³/mol. The average molecular weight is 374 g/mol.